The van der Waals surface area contributed by atoms with Crippen LogP contribution in [0.2, 0.25) is 0 Å². The van der Waals surface area contributed by atoms with E-state index < -0.39 is 0 Å². The van der Waals surface area contributed by atoms with Crippen molar-refractivity contribution in [2.45, 2.75) is 46.1 Å². The number of hydrogen-bond donors (Lipinski definition) is 2. The number of benzene rings is 1. The Hall–Kier alpha value is -1.02. The van der Waals surface area contributed by atoms with Crippen molar-refractivity contribution in [3.05, 3.63) is 29.3 Å². The SMILES string of the molecule is CCCCCNCc1cc(CC)ccc1O. The summed E-state index contributed by atoms with van der Waals surface area (Å²) in [5.41, 5.74) is 2.29. The van der Waals surface area contributed by atoms with Gasteiger partial charge < -0.3 is 10.4 Å². The van der Waals surface area contributed by atoms with E-state index in [4.69, 9.17) is 0 Å². The van der Waals surface area contributed by atoms with E-state index in [1.807, 2.05) is 6.07 Å². The Kier molecular flexibility index (Phi) is 5.94. The zero-order chi connectivity index (χ0) is 11.8. The molecule has 0 fully saturated rings. The van der Waals surface area contributed by atoms with Gasteiger partial charge in [0.1, 0.15) is 5.75 Å². The molecule has 0 aliphatic carbocycles. The van der Waals surface area contributed by atoms with Gasteiger partial charge in [0.15, 0.2) is 0 Å². The highest BCUT2D eigenvalue weighted by atomic mass is 16.3. The lowest BCUT2D eigenvalue weighted by molar-refractivity contribution is 0.463. The predicted octanol–water partition coefficient (Wildman–Crippen LogP) is 3.23. The molecule has 1 aromatic rings. The fraction of sp³-hybridized carbons (Fsp3) is 0.571. The fourth-order valence-electron chi connectivity index (χ4n) is 1.72. The van der Waals surface area contributed by atoms with Crippen LogP contribution in [-0.2, 0) is 13.0 Å². The Bertz CT molecular complexity index is 310. The van der Waals surface area contributed by atoms with Crippen molar-refractivity contribution in [2.75, 3.05) is 6.54 Å². The lowest BCUT2D eigenvalue weighted by atomic mass is 10.1. The third-order valence-corrected chi connectivity index (χ3v) is 2.82. The zero-order valence-corrected chi connectivity index (χ0v) is 10.4. The van der Waals surface area contributed by atoms with Crippen LogP contribution in [0.3, 0.4) is 0 Å². The fourth-order valence-corrected chi connectivity index (χ4v) is 1.72. The van der Waals surface area contributed by atoms with E-state index in [9.17, 15) is 5.11 Å². The first-order chi connectivity index (χ1) is 7.77. The number of phenols is 1. The van der Waals surface area contributed by atoms with Crippen LogP contribution in [-0.4, -0.2) is 11.7 Å². The molecule has 2 nitrogen and oxygen atoms in total. The van der Waals surface area contributed by atoms with E-state index in [-0.39, 0.29) is 0 Å². The molecule has 0 amide bonds. The van der Waals surface area contributed by atoms with E-state index in [1.165, 1.54) is 24.8 Å². The Morgan fingerprint density at radius 2 is 2.00 bits per heavy atom. The summed E-state index contributed by atoms with van der Waals surface area (Å²) in [6, 6.07) is 5.86. The van der Waals surface area contributed by atoms with Crippen molar-refractivity contribution >= 4 is 0 Å². The molecule has 0 aromatic heterocycles. The molecule has 0 saturated heterocycles. The van der Waals surface area contributed by atoms with Gasteiger partial charge >= 0.3 is 0 Å². The monoisotopic (exact) mass is 221 g/mol. The van der Waals surface area contributed by atoms with Crippen LogP contribution in [0.25, 0.3) is 0 Å². The topological polar surface area (TPSA) is 32.3 Å². The lowest BCUT2D eigenvalue weighted by Crippen LogP contribution is -2.14. The minimum Gasteiger partial charge on any atom is -0.508 e. The standard InChI is InChI=1S/C14H23NO/c1-3-5-6-9-15-11-13-10-12(4-2)7-8-14(13)16/h7-8,10,15-16H,3-6,9,11H2,1-2H3. The quantitative estimate of drug-likeness (QED) is 0.693. The molecular formula is C14H23NO. The van der Waals surface area contributed by atoms with Gasteiger partial charge in [-0.2, -0.15) is 0 Å². The summed E-state index contributed by atoms with van der Waals surface area (Å²) in [6.45, 7) is 6.13. The molecule has 2 N–H and O–H groups in total. The highest BCUT2D eigenvalue weighted by Crippen LogP contribution is 2.18. The minimum absolute atomic E-state index is 0.403. The highest BCUT2D eigenvalue weighted by Gasteiger charge is 2.01. The number of nitrogens with one attached hydrogen (secondary N) is 1. The molecule has 0 unspecified atom stereocenters. The van der Waals surface area contributed by atoms with Crippen molar-refractivity contribution < 1.29 is 5.11 Å². The van der Waals surface area contributed by atoms with Crippen LogP contribution in [0, 0.1) is 0 Å². The normalized spacial score (nSPS) is 10.6. The molecule has 0 radical (unpaired) electrons. The Labute approximate surface area is 98.7 Å². The van der Waals surface area contributed by atoms with Gasteiger partial charge in [-0.25, -0.2) is 0 Å². The van der Waals surface area contributed by atoms with Crippen LogP contribution >= 0.6 is 0 Å². The first-order valence-corrected chi connectivity index (χ1v) is 6.29. The van der Waals surface area contributed by atoms with Gasteiger partial charge in [0.25, 0.3) is 0 Å². The second-order valence-corrected chi connectivity index (χ2v) is 4.20. The van der Waals surface area contributed by atoms with Gasteiger partial charge in [-0.1, -0.05) is 38.8 Å². The van der Waals surface area contributed by atoms with Crippen molar-refractivity contribution in [1.29, 1.82) is 0 Å². The Morgan fingerprint density at radius 3 is 2.69 bits per heavy atom. The molecule has 0 aliphatic rings. The molecule has 0 aliphatic heterocycles. The first kappa shape index (κ1) is 13.0. The summed E-state index contributed by atoms with van der Waals surface area (Å²) in [7, 11) is 0. The molecule has 90 valence electrons. The average molecular weight is 221 g/mol. The average Bonchev–Trinajstić information content (AvgIpc) is 2.31. The summed E-state index contributed by atoms with van der Waals surface area (Å²) in [6.07, 6.45) is 4.75. The lowest BCUT2D eigenvalue weighted by Gasteiger charge is -2.08. The number of phenolic OH excluding ortho intramolecular Hbond substituents is 1. The third kappa shape index (κ3) is 4.23. The summed E-state index contributed by atoms with van der Waals surface area (Å²) in [4.78, 5) is 0. The zero-order valence-electron chi connectivity index (χ0n) is 10.4. The molecule has 0 atom stereocenters. The highest BCUT2D eigenvalue weighted by molar-refractivity contribution is 5.36. The van der Waals surface area contributed by atoms with Crippen LogP contribution in [0.15, 0.2) is 18.2 Å². The molecule has 0 heterocycles. The molecule has 16 heavy (non-hydrogen) atoms. The molecule has 0 saturated carbocycles. The van der Waals surface area contributed by atoms with E-state index >= 15 is 0 Å². The van der Waals surface area contributed by atoms with Gasteiger partial charge in [0.05, 0.1) is 0 Å². The second kappa shape index (κ2) is 7.29. The summed E-state index contributed by atoms with van der Waals surface area (Å²) >= 11 is 0. The maximum absolute atomic E-state index is 9.69. The van der Waals surface area contributed by atoms with Crippen LogP contribution in [0.5, 0.6) is 5.75 Å². The number of aromatic hydroxyl groups is 1. The van der Waals surface area contributed by atoms with E-state index in [2.05, 4.69) is 25.2 Å². The molecule has 0 spiro atoms. The summed E-state index contributed by atoms with van der Waals surface area (Å²) in [5.74, 6) is 0.403. The van der Waals surface area contributed by atoms with Crippen LogP contribution in [0.4, 0.5) is 0 Å². The number of hydrogen-bond acceptors (Lipinski definition) is 2. The van der Waals surface area contributed by atoms with Crippen LogP contribution < -0.4 is 5.32 Å². The van der Waals surface area contributed by atoms with E-state index in [0.29, 0.717) is 5.75 Å². The number of rotatable bonds is 7. The van der Waals surface area contributed by atoms with Gasteiger partial charge in [0.2, 0.25) is 0 Å². The van der Waals surface area contributed by atoms with Crippen LogP contribution in [0.1, 0.15) is 44.2 Å². The van der Waals surface area contributed by atoms with Crippen molar-refractivity contribution in [3.63, 3.8) is 0 Å². The smallest absolute Gasteiger partial charge is 0.120 e. The second-order valence-electron chi connectivity index (χ2n) is 4.20. The third-order valence-electron chi connectivity index (χ3n) is 2.82. The van der Waals surface area contributed by atoms with Crippen molar-refractivity contribution in [1.82, 2.24) is 5.32 Å². The largest absolute Gasteiger partial charge is 0.508 e. The molecule has 0 bridgehead atoms. The van der Waals surface area contributed by atoms with Gasteiger partial charge in [-0.15, -0.1) is 0 Å². The maximum atomic E-state index is 9.69. The van der Waals surface area contributed by atoms with Gasteiger partial charge in [0, 0.05) is 12.1 Å². The molecule has 2 heteroatoms. The number of unbranched alkanes of at least 4 members (excludes halogenated alkanes) is 2. The first-order valence-electron chi connectivity index (χ1n) is 6.29. The Morgan fingerprint density at radius 1 is 1.19 bits per heavy atom. The Balaban J connectivity index is 2.40. The molecular weight excluding hydrogens is 198 g/mol. The summed E-state index contributed by atoms with van der Waals surface area (Å²) in [5, 5.41) is 13.1. The van der Waals surface area contributed by atoms with E-state index in [1.54, 1.807) is 6.07 Å². The predicted molar refractivity (Wildman–Crippen MR) is 68.7 cm³/mol. The van der Waals surface area contributed by atoms with Gasteiger partial charge in [-0.3, -0.25) is 0 Å². The maximum Gasteiger partial charge on any atom is 0.120 e. The molecule has 1 rings (SSSR count). The number of aryl methyl sites for hydroxylation is 1. The van der Waals surface area contributed by atoms with E-state index in [0.717, 1.165) is 25.1 Å². The summed E-state index contributed by atoms with van der Waals surface area (Å²) < 4.78 is 0. The van der Waals surface area contributed by atoms with Crippen molar-refractivity contribution in [3.8, 4) is 5.75 Å². The minimum atomic E-state index is 0.403. The molecule has 1 aromatic carbocycles. The van der Waals surface area contributed by atoms with Gasteiger partial charge in [-0.05, 0) is 31.0 Å². The van der Waals surface area contributed by atoms with Crippen molar-refractivity contribution in [2.24, 2.45) is 0 Å².